The van der Waals surface area contributed by atoms with Crippen molar-refractivity contribution in [1.29, 1.82) is 0 Å². The number of carbonyl (C=O) groups excluding carboxylic acids is 1. The van der Waals surface area contributed by atoms with Gasteiger partial charge in [0.25, 0.3) is 6.43 Å². The molecule has 0 unspecified atom stereocenters. The van der Waals surface area contributed by atoms with Gasteiger partial charge in [-0.2, -0.15) is 4.98 Å². The molecule has 0 radical (unpaired) electrons. The van der Waals surface area contributed by atoms with Crippen LogP contribution in [0.25, 0.3) is 0 Å². The van der Waals surface area contributed by atoms with Gasteiger partial charge in [-0.15, -0.1) is 0 Å². The highest BCUT2D eigenvalue weighted by atomic mass is 19.3. The summed E-state index contributed by atoms with van der Waals surface area (Å²) in [6, 6.07) is 4.52. The Morgan fingerprint density at radius 3 is 3.04 bits per heavy atom. The van der Waals surface area contributed by atoms with Crippen LogP contribution in [-0.2, 0) is 4.74 Å². The highest BCUT2D eigenvalue weighted by Gasteiger charge is 2.36. The first-order chi connectivity index (χ1) is 11.6. The Kier molecular flexibility index (Phi) is 5.44. The van der Waals surface area contributed by atoms with Gasteiger partial charge in [-0.25, -0.2) is 13.6 Å². The summed E-state index contributed by atoms with van der Waals surface area (Å²) in [5.41, 5.74) is 0. The van der Waals surface area contributed by atoms with E-state index in [4.69, 9.17) is 9.47 Å². The van der Waals surface area contributed by atoms with Crippen molar-refractivity contribution in [3.63, 3.8) is 0 Å². The van der Waals surface area contributed by atoms with E-state index in [-0.39, 0.29) is 29.9 Å². The van der Waals surface area contributed by atoms with Crippen LogP contribution in [0.1, 0.15) is 25.7 Å². The van der Waals surface area contributed by atoms with E-state index >= 15 is 0 Å². The van der Waals surface area contributed by atoms with Crippen molar-refractivity contribution in [3.05, 3.63) is 18.2 Å². The van der Waals surface area contributed by atoms with Crippen LogP contribution in [0, 0.1) is 0 Å². The molecular formula is C16H21F2N3O3. The second-order valence-corrected chi connectivity index (χ2v) is 5.95. The number of amides is 2. The number of aromatic nitrogens is 1. The highest BCUT2D eigenvalue weighted by Crippen LogP contribution is 2.28. The van der Waals surface area contributed by atoms with Gasteiger partial charge < -0.3 is 14.4 Å². The lowest BCUT2D eigenvalue weighted by molar-refractivity contribution is 0.0542. The first kappa shape index (κ1) is 16.9. The number of nitrogens with zero attached hydrogens (tertiary/aromatic N) is 2. The number of rotatable bonds is 5. The number of pyridine rings is 1. The van der Waals surface area contributed by atoms with Gasteiger partial charge in [0.05, 0.1) is 12.1 Å². The molecule has 2 aliphatic rings. The van der Waals surface area contributed by atoms with E-state index in [1.54, 1.807) is 17.0 Å². The van der Waals surface area contributed by atoms with Crippen LogP contribution in [0.5, 0.6) is 5.88 Å². The predicted octanol–water partition coefficient (Wildman–Crippen LogP) is 2.90. The number of alkyl halides is 2. The standard InChI is InChI=1S/C16H21F2N3O3/c17-13(18)10-24-15-7-1-6-14(19-15)20-16(22)21-8-2-4-11(21)12-5-3-9-23-12/h1,6-7,11-13H,2-5,8-10H2,(H,19,20,22)/t11-,12-/m1/s1. The van der Waals surface area contributed by atoms with E-state index in [9.17, 15) is 13.6 Å². The first-order valence-corrected chi connectivity index (χ1v) is 8.21. The largest absolute Gasteiger partial charge is 0.472 e. The first-order valence-electron chi connectivity index (χ1n) is 8.21. The lowest BCUT2D eigenvalue weighted by Gasteiger charge is -2.28. The molecule has 2 atom stereocenters. The van der Waals surface area contributed by atoms with Crippen LogP contribution < -0.4 is 10.1 Å². The molecule has 8 heteroatoms. The van der Waals surface area contributed by atoms with Crippen molar-refractivity contribution < 1.29 is 23.0 Å². The average Bonchev–Trinajstić information content (AvgIpc) is 3.23. The van der Waals surface area contributed by atoms with Crippen LogP contribution in [0.4, 0.5) is 19.4 Å². The zero-order valence-electron chi connectivity index (χ0n) is 13.3. The molecule has 3 heterocycles. The Morgan fingerprint density at radius 1 is 1.42 bits per heavy atom. The maximum absolute atomic E-state index is 12.5. The number of hydrogen-bond donors (Lipinski definition) is 1. The minimum absolute atomic E-state index is 0.0604. The summed E-state index contributed by atoms with van der Waals surface area (Å²) >= 11 is 0. The Bertz CT molecular complexity index is 567. The molecule has 6 nitrogen and oxygen atoms in total. The van der Waals surface area contributed by atoms with Crippen molar-refractivity contribution >= 4 is 11.8 Å². The zero-order valence-corrected chi connectivity index (χ0v) is 13.3. The molecule has 24 heavy (non-hydrogen) atoms. The van der Waals surface area contributed by atoms with E-state index in [0.29, 0.717) is 6.54 Å². The maximum atomic E-state index is 12.5. The van der Waals surface area contributed by atoms with Crippen LogP contribution in [0.3, 0.4) is 0 Å². The number of urea groups is 1. The summed E-state index contributed by atoms with van der Waals surface area (Å²) in [5.74, 6) is 0.343. The van der Waals surface area contributed by atoms with E-state index < -0.39 is 13.0 Å². The second-order valence-electron chi connectivity index (χ2n) is 5.95. The van der Waals surface area contributed by atoms with Gasteiger partial charge in [0, 0.05) is 19.2 Å². The fourth-order valence-corrected chi connectivity index (χ4v) is 3.23. The summed E-state index contributed by atoms with van der Waals surface area (Å²) in [5, 5.41) is 2.72. The number of likely N-dealkylation sites (tertiary alicyclic amines) is 1. The number of carbonyl (C=O) groups is 1. The fourth-order valence-electron chi connectivity index (χ4n) is 3.23. The van der Waals surface area contributed by atoms with E-state index in [0.717, 1.165) is 32.3 Å². The highest BCUT2D eigenvalue weighted by molar-refractivity contribution is 5.88. The van der Waals surface area contributed by atoms with Crippen molar-refractivity contribution in [3.8, 4) is 5.88 Å². The molecular weight excluding hydrogens is 320 g/mol. The van der Waals surface area contributed by atoms with E-state index in [1.807, 2.05) is 0 Å². The van der Waals surface area contributed by atoms with E-state index in [2.05, 4.69) is 10.3 Å². The molecule has 2 fully saturated rings. The van der Waals surface area contributed by atoms with Gasteiger partial charge in [0.1, 0.15) is 5.82 Å². The number of nitrogens with one attached hydrogen (secondary N) is 1. The molecule has 0 aliphatic carbocycles. The van der Waals surface area contributed by atoms with Crippen LogP contribution >= 0.6 is 0 Å². The number of halogens is 2. The van der Waals surface area contributed by atoms with Gasteiger partial charge in [-0.05, 0) is 31.7 Å². The topological polar surface area (TPSA) is 63.7 Å². The summed E-state index contributed by atoms with van der Waals surface area (Å²) in [6.45, 7) is 0.706. The SMILES string of the molecule is O=C(Nc1cccc(OCC(F)F)n1)N1CCC[C@@H]1[C@H]1CCCO1. The molecule has 1 aromatic rings. The Hall–Kier alpha value is -1.96. The minimum Gasteiger partial charge on any atom is -0.472 e. The molecule has 0 spiro atoms. The summed E-state index contributed by atoms with van der Waals surface area (Å²) in [6.07, 6.45) is 1.42. The zero-order chi connectivity index (χ0) is 16.9. The molecule has 1 aromatic heterocycles. The second kappa shape index (κ2) is 7.74. The normalized spacial score (nSPS) is 23.7. The van der Waals surface area contributed by atoms with Crippen molar-refractivity contribution in [2.75, 3.05) is 25.1 Å². The third kappa shape index (κ3) is 4.11. The van der Waals surface area contributed by atoms with Crippen molar-refractivity contribution in [1.82, 2.24) is 9.88 Å². The third-order valence-corrected chi connectivity index (χ3v) is 4.27. The Balaban J connectivity index is 1.60. The molecule has 0 saturated carbocycles. The quantitative estimate of drug-likeness (QED) is 0.894. The van der Waals surface area contributed by atoms with Crippen molar-refractivity contribution in [2.24, 2.45) is 0 Å². The average molecular weight is 341 g/mol. The van der Waals surface area contributed by atoms with Gasteiger partial charge in [-0.1, -0.05) is 6.07 Å². The lowest BCUT2D eigenvalue weighted by atomic mass is 10.1. The van der Waals surface area contributed by atoms with Gasteiger partial charge in [0.15, 0.2) is 6.61 Å². The summed E-state index contributed by atoms with van der Waals surface area (Å²) in [4.78, 5) is 18.3. The lowest BCUT2D eigenvalue weighted by Crippen LogP contribution is -2.44. The summed E-state index contributed by atoms with van der Waals surface area (Å²) < 4.78 is 35.0. The van der Waals surface area contributed by atoms with E-state index in [1.165, 1.54) is 6.07 Å². The molecule has 0 aromatic carbocycles. The van der Waals surface area contributed by atoms with Gasteiger partial charge >= 0.3 is 6.03 Å². The molecule has 2 aliphatic heterocycles. The number of ether oxygens (including phenoxy) is 2. The molecule has 3 rings (SSSR count). The fraction of sp³-hybridized carbons (Fsp3) is 0.625. The molecule has 0 bridgehead atoms. The maximum Gasteiger partial charge on any atom is 0.323 e. The molecule has 1 N–H and O–H groups in total. The molecule has 2 saturated heterocycles. The van der Waals surface area contributed by atoms with Gasteiger partial charge in [-0.3, -0.25) is 5.32 Å². The smallest absolute Gasteiger partial charge is 0.323 e. The molecule has 132 valence electrons. The van der Waals surface area contributed by atoms with Crippen LogP contribution in [0.2, 0.25) is 0 Å². The van der Waals surface area contributed by atoms with Crippen LogP contribution in [0.15, 0.2) is 18.2 Å². The summed E-state index contributed by atoms with van der Waals surface area (Å²) in [7, 11) is 0. The van der Waals surface area contributed by atoms with Crippen molar-refractivity contribution in [2.45, 2.75) is 44.3 Å². The minimum atomic E-state index is -2.57. The molecule has 2 amide bonds. The van der Waals surface area contributed by atoms with Gasteiger partial charge in [0.2, 0.25) is 5.88 Å². The monoisotopic (exact) mass is 341 g/mol. The Morgan fingerprint density at radius 2 is 2.29 bits per heavy atom. The predicted molar refractivity (Wildman–Crippen MR) is 83.5 cm³/mol. The third-order valence-electron chi connectivity index (χ3n) is 4.27. The Labute approximate surface area is 139 Å². The number of anilines is 1. The number of hydrogen-bond acceptors (Lipinski definition) is 4. The van der Waals surface area contributed by atoms with Crippen LogP contribution in [-0.4, -0.2) is 54.2 Å².